The zero-order valence-electron chi connectivity index (χ0n) is 19.3. The first-order chi connectivity index (χ1) is 16.3. The van der Waals surface area contributed by atoms with Crippen LogP contribution in [0.1, 0.15) is 62.5 Å². The van der Waals surface area contributed by atoms with E-state index < -0.39 is 23.1 Å². The van der Waals surface area contributed by atoms with E-state index in [2.05, 4.69) is 34.9 Å². The Balaban J connectivity index is 1.22. The summed E-state index contributed by atoms with van der Waals surface area (Å²) in [6.45, 7) is 2.09. The molecule has 5 rings (SSSR count). The second-order valence-corrected chi connectivity index (χ2v) is 10.2. The maximum Gasteiger partial charge on any atom is 0.407 e. The van der Waals surface area contributed by atoms with Gasteiger partial charge in [-0.2, -0.15) is 0 Å². The van der Waals surface area contributed by atoms with Crippen LogP contribution in [0.4, 0.5) is 4.79 Å². The van der Waals surface area contributed by atoms with Crippen molar-refractivity contribution in [2.75, 3.05) is 6.61 Å². The van der Waals surface area contributed by atoms with Crippen LogP contribution in [0.5, 0.6) is 0 Å². The summed E-state index contributed by atoms with van der Waals surface area (Å²) in [6, 6.07) is 16.4. The number of carboxylic acids is 1. The molecule has 2 fully saturated rings. The van der Waals surface area contributed by atoms with Crippen LogP contribution < -0.4 is 10.6 Å². The van der Waals surface area contributed by atoms with E-state index in [4.69, 9.17) is 9.84 Å². The van der Waals surface area contributed by atoms with E-state index in [0.717, 1.165) is 24.0 Å². The molecule has 3 aliphatic rings. The fourth-order valence-corrected chi connectivity index (χ4v) is 5.34. The number of aliphatic carboxylic acids is 1. The Kier molecular flexibility index (Phi) is 5.58. The molecule has 0 saturated heterocycles. The summed E-state index contributed by atoms with van der Waals surface area (Å²) in [4.78, 5) is 36.7. The molecule has 0 heterocycles. The molecule has 0 aliphatic heterocycles. The number of rotatable bonds is 9. The van der Waals surface area contributed by atoms with Crippen molar-refractivity contribution in [1.82, 2.24) is 10.6 Å². The molecule has 3 N–H and O–H groups in total. The third-order valence-electron chi connectivity index (χ3n) is 7.49. The van der Waals surface area contributed by atoms with E-state index in [-0.39, 0.29) is 37.2 Å². The minimum Gasteiger partial charge on any atom is -0.481 e. The van der Waals surface area contributed by atoms with Gasteiger partial charge in [0, 0.05) is 12.3 Å². The molecule has 178 valence electrons. The third-order valence-corrected chi connectivity index (χ3v) is 7.49. The van der Waals surface area contributed by atoms with Crippen LogP contribution in [0, 0.1) is 5.92 Å². The van der Waals surface area contributed by atoms with E-state index in [9.17, 15) is 14.4 Å². The molecular weight excluding hydrogens is 432 g/mol. The van der Waals surface area contributed by atoms with Gasteiger partial charge in [0.1, 0.15) is 6.61 Å². The zero-order chi connectivity index (χ0) is 23.9. The van der Waals surface area contributed by atoms with Crippen molar-refractivity contribution in [3.05, 3.63) is 59.7 Å². The van der Waals surface area contributed by atoms with Gasteiger partial charge in [-0.3, -0.25) is 9.59 Å². The van der Waals surface area contributed by atoms with Gasteiger partial charge in [-0.15, -0.1) is 0 Å². The molecule has 0 radical (unpaired) electrons. The lowest BCUT2D eigenvalue weighted by Crippen LogP contribution is -2.52. The molecule has 0 bridgehead atoms. The molecule has 2 amide bonds. The fourth-order valence-electron chi connectivity index (χ4n) is 5.34. The second kappa shape index (κ2) is 8.46. The monoisotopic (exact) mass is 462 g/mol. The number of fused-ring (bicyclic) bond motifs is 3. The molecule has 1 atom stereocenters. The molecule has 2 aromatic carbocycles. The summed E-state index contributed by atoms with van der Waals surface area (Å²) in [6.07, 6.45) is 2.72. The standard InChI is InChI=1S/C27H30N2O5/c1-26(17-10-11-17,14-23(30)28-27(12-13-27)15-24(31)32)29-25(33)34-16-22-20-8-4-2-6-18(20)19-7-3-5-9-21(19)22/h2-9,17,22H,10-16H2,1H3,(H,28,30)(H,29,33)(H,31,32). The lowest BCUT2D eigenvalue weighted by Gasteiger charge is -2.31. The van der Waals surface area contributed by atoms with E-state index in [1.54, 1.807) is 0 Å². The molecule has 2 saturated carbocycles. The van der Waals surface area contributed by atoms with E-state index >= 15 is 0 Å². The van der Waals surface area contributed by atoms with E-state index in [1.807, 2.05) is 31.2 Å². The van der Waals surface area contributed by atoms with Crippen molar-refractivity contribution in [3.8, 4) is 11.1 Å². The second-order valence-electron chi connectivity index (χ2n) is 10.2. The molecule has 3 aliphatic carbocycles. The number of ether oxygens (including phenoxy) is 1. The van der Waals surface area contributed by atoms with E-state index in [0.29, 0.717) is 12.8 Å². The molecule has 7 nitrogen and oxygen atoms in total. The van der Waals surface area contributed by atoms with Crippen LogP contribution >= 0.6 is 0 Å². The first-order valence-electron chi connectivity index (χ1n) is 11.9. The van der Waals surface area contributed by atoms with Gasteiger partial charge in [0.05, 0.1) is 17.5 Å². The average Bonchev–Trinajstić information content (AvgIpc) is 3.71. The van der Waals surface area contributed by atoms with Gasteiger partial charge in [0.15, 0.2) is 0 Å². The maximum absolute atomic E-state index is 12.9. The van der Waals surface area contributed by atoms with Crippen molar-refractivity contribution in [2.45, 2.75) is 62.4 Å². The Labute approximate surface area is 198 Å². The zero-order valence-corrected chi connectivity index (χ0v) is 19.3. The van der Waals surface area contributed by atoms with E-state index in [1.165, 1.54) is 11.1 Å². The topological polar surface area (TPSA) is 105 Å². The molecule has 34 heavy (non-hydrogen) atoms. The highest BCUT2D eigenvalue weighted by molar-refractivity contribution is 5.82. The number of carboxylic acid groups (broad SMARTS) is 1. The van der Waals surface area contributed by atoms with Crippen LogP contribution in [0.15, 0.2) is 48.5 Å². The van der Waals surface area contributed by atoms with Gasteiger partial charge in [-0.05, 0) is 60.8 Å². The highest BCUT2D eigenvalue weighted by Crippen LogP contribution is 2.45. The predicted octanol–water partition coefficient (Wildman–Crippen LogP) is 4.21. The summed E-state index contributed by atoms with van der Waals surface area (Å²) in [5.41, 5.74) is 3.27. The van der Waals surface area contributed by atoms with Gasteiger partial charge < -0.3 is 20.5 Å². The Morgan fingerprint density at radius 3 is 2.15 bits per heavy atom. The number of carbonyl (C=O) groups excluding carboxylic acids is 2. The smallest absolute Gasteiger partial charge is 0.407 e. The molecule has 7 heteroatoms. The van der Waals surface area contributed by atoms with Crippen molar-refractivity contribution >= 4 is 18.0 Å². The molecular formula is C27H30N2O5. The van der Waals surface area contributed by atoms with Gasteiger partial charge in [-0.1, -0.05) is 48.5 Å². The highest BCUT2D eigenvalue weighted by Gasteiger charge is 2.49. The normalized spacial score (nSPS) is 19.3. The van der Waals surface area contributed by atoms with Crippen LogP contribution in [-0.2, 0) is 14.3 Å². The highest BCUT2D eigenvalue weighted by atomic mass is 16.5. The number of nitrogens with one attached hydrogen (secondary N) is 2. The van der Waals surface area contributed by atoms with Gasteiger partial charge in [0.25, 0.3) is 0 Å². The molecule has 0 spiro atoms. The fraction of sp³-hybridized carbons (Fsp3) is 0.444. The first kappa shape index (κ1) is 22.4. The van der Waals surface area contributed by atoms with Crippen LogP contribution in [0.2, 0.25) is 0 Å². The molecule has 2 aromatic rings. The SMILES string of the molecule is CC(CC(=O)NC1(CC(=O)O)CC1)(NC(=O)OCC1c2ccccc2-c2ccccc21)C1CC1. The predicted molar refractivity (Wildman–Crippen MR) is 126 cm³/mol. The lowest BCUT2D eigenvalue weighted by atomic mass is 9.91. The summed E-state index contributed by atoms with van der Waals surface area (Å²) in [7, 11) is 0. The molecule has 1 unspecified atom stereocenters. The third kappa shape index (κ3) is 4.52. The number of hydrogen-bond acceptors (Lipinski definition) is 4. The Bertz CT molecular complexity index is 1090. The number of alkyl carbamates (subject to hydrolysis) is 1. The largest absolute Gasteiger partial charge is 0.481 e. The average molecular weight is 463 g/mol. The van der Waals surface area contributed by atoms with Crippen molar-refractivity contribution in [3.63, 3.8) is 0 Å². The van der Waals surface area contributed by atoms with Crippen molar-refractivity contribution in [1.29, 1.82) is 0 Å². The van der Waals surface area contributed by atoms with Crippen LogP contribution in [0.3, 0.4) is 0 Å². The Morgan fingerprint density at radius 2 is 1.62 bits per heavy atom. The van der Waals surface area contributed by atoms with Gasteiger partial charge in [-0.25, -0.2) is 4.79 Å². The quantitative estimate of drug-likeness (QED) is 0.518. The molecule has 0 aromatic heterocycles. The minimum atomic E-state index is -0.917. The first-order valence-corrected chi connectivity index (χ1v) is 11.9. The minimum absolute atomic E-state index is 0.0284. The lowest BCUT2D eigenvalue weighted by molar-refractivity contribution is -0.138. The Morgan fingerprint density at radius 1 is 1.03 bits per heavy atom. The number of hydrogen-bond donors (Lipinski definition) is 3. The number of amides is 2. The maximum atomic E-state index is 12.9. The van der Waals surface area contributed by atoms with Crippen LogP contribution in [-0.4, -0.2) is 40.8 Å². The van der Waals surface area contributed by atoms with Gasteiger partial charge >= 0.3 is 12.1 Å². The Hall–Kier alpha value is -3.35. The van der Waals surface area contributed by atoms with Crippen LogP contribution in [0.25, 0.3) is 11.1 Å². The van der Waals surface area contributed by atoms with Crippen molar-refractivity contribution < 1.29 is 24.2 Å². The van der Waals surface area contributed by atoms with Gasteiger partial charge in [0.2, 0.25) is 5.91 Å². The number of carbonyl (C=O) groups is 3. The summed E-state index contributed by atoms with van der Waals surface area (Å²) >= 11 is 0. The van der Waals surface area contributed by atoms with Crippen molar-refractivity contribution in [2.24, 2.45) is 5.92 Å². The summed E-state index contributed by atoms with van der Waals surface area (Å²) in [5.74, 6) is -0.973. The summed E-state index contributed by atoms with van der Waals surface area (Å²) < 4.78 is 5.70. The summed E-state index contributed by atoms with van der Waals surface area (Å²) in [5, 5.41) is 15.0. The number of benzene rings is 2.